The smallest absolute Gasteiger partial charge is 0.139 e. The minimum absolute atomic E-state index is 0.141. The van der Waals surface area contributed by atoms with Crippen LogP contribution in [0.1, 0.15) is 24.8 Å². The molecule has 1 fully saturated rings. The molecule has 1 aromatic rings. The maximum Gasteiger partial charge on any atom is 0.139 e. The summed E-state index contributed by atoms with van der Waals surface area (Å²) in [5, 5.41) is 0. The second kappa shape index (κ2) is 5.79. The van der Waals surface area contributed by atoms with Crippen LogP contribution in [0.3, 0.4) is 0 Å². The molecule has 0 bridgehead atoms. The van der Waals surface area contributed by atoms with E-state index in [2.05, 4.69) is 16.7 Å². The van der Waals surface area contributed by atoms with Gasteiger partial charge in [0.25, 0.3) is 0 Å². The van der Waals surface area contributed by atoms with Crippen molar-refractivity contribution < 1.29 is 8.78 Å². The molecule has 0 unspecified atom stereocenters. The molecular formula is C14H15F2N. The van der Waals surface area contributed by atoms with Crippen molar-refractivity contribution in [3.63, 3.8) is 0 Å². The SMILES string of the molecule is Fc1ccc(F)c(C#CCN2CCCCC2)c1. The summed E-state index contributed by atoms with van der Waals surface area (Å²) in [5.41, 5.74) is 0.141. The summed E-state index contributed by atoms with van der Waals surface area (Å²) < 4.78 is 26.1. The maximum atomic E-state index is 13.3. The van der Waals surface area contributed by atoms with Gasteiger partial charge in [0.15, 0.2) is 0 Å². The number of nitrogens with zero attached hydrogens (tertiary/aromatic N) is 1. The Kier molecular flexibility index (Phi) is 4.11. The van der Waals surface area contributed by atoms with Crippen molar-refractivity contribution >= 4 is 0 Å². The van der Waals surface area contributed by atoms with Gasteiger partial charge in [-0.1, -0.05) is 18.3 Å². The van der Waals surface area contributed by atoms with Gasteiger partial charge in [0, 0.05) is 0 Å². The van der Waals surface area contributed by atoms with E-state index in [1.807, 2.05) is 0 Å². The van der Waals surface area contributed by atoms with E-state index in [-0.39, 0.29) is 5.56 Å². The molecule has 0 amide bonds. The highest BCUT2D eigenvalue weighted by molar-refractivity contribution is 5.35. The van der Waals surface area contributed by atoms with Crippen LogP contribution in [-0.4, -0.2) is 24.5 Å². The predicted molar refractivity (Wildman–Crippen MR) is 63.5 cm³/mol. The first-order valence-corrected chi connectivity index (χ1v) is 5.92. The molecule has 2 rings (SSSR count). The lowest BCUT2D eigenvalue weighted by atomic mass is 10.1. The topological polar surface area (TPSA) is 3.24 Å². The summed E-state index contributed by atoms with van der Waals surface area (Å²) in [6, 6.07) is 3.35. The second-order valence-electron chi connectivity index (χ2n) is 4.26. The highest BCUT2D eigenvalue weighted by Crippen LogP contribution is 2.09. The monoisotopic (exact) mass is 235 g/mol. The highest BCUT2D eigenvalue weighted by atomic mass is 19.1. The summed E-state index contributed by atoms with van der Waals surface area (Å²) >= 11 is 0. The molecule has 1 aliphatic heterocycles. The highest BCUT2D eigenvalue weighted by Gasteiger charge is 2.07. The van der Waals surface area contributed by atoms with Crippen molar-refractivity contribution in [1.82, 2.24) is 4.90 Å². The first-order valence-electron chi connectivity index (χ1n) is 5.92. The number of benzene rings is 1. The molecule has 90 valence electrons. The van der Waals surface area contributed by atoms with Crippen LogP contribution >= 0.6 is 0 Å². The summed E-state index contributed by atoms with van der Waals surface area (Å²) in [7, 11) is 0. The number of hydrogen-bond acceptors (Lipinski definition) is 1. The lowest BCUT2D eigenvalue weighted by Crippen LogP contribution is -2.29. The van der Waals surface area contributed by atoms with Crippen LogP contribution in [0.25, 0.3) is 0 Å². The number of hydrogen-bond donors (Lipinski definition) is 0. The fraction of sp³-hybridized carbons (Fsp3) is 0.429. The first kappa shape index (κ1) is 12.1. The fourth-order valence-electron chi connectivity index (χ4n) is 1.96. The van der Waals surface area contributed by atoms with E-state index in [1.165, 1.54) is 19.3 Å². The van der Waals surface area contributed by atoms with Gasteiger partial charge in [-0.25, -0.2) is 8.78 Å². The van der Waals surface area contributed by atoms with E-state index in [9.17, 15) is 8.78 Å². The van der Waals surface area contributed by atoms with Crippen LogP contribution in [-0.2, 0) is 0 Å². The molecule has 0 radical (unpaired) electrons. The first-order chi connectivity index (χ1) is 8.25. The van der Waals surface area contributed by atoms with Gasteiger partial charge >= 0.3 is 0 Å². The van der Waals surface area contributed by atoms with Gasteiger partial charge in [-0.05, 0) is 44.1 Å². The van der Waals surface area contributed by atoms with Crippen LogP contribution < -0.4 is 0 Å². The Morgan fingerprint density at radius 2 is 1.88 bits per heavy atom. The molecule has 0 atom stereocenters. The molecule has 1 aromatic carbocycles. The molecule has 0 aliphatic carbocycles. The van der Waals surface area contributed by atoms with E-state index in [1.54, 1.807) is 0 Å². The van der Waals surface area contributed by atoms with Crippen LogP contribution in [0, 0.1) is 23.5 Å². The van der Waals surface area contributed by atoms with Gasteiger partial charge in [-0.3, -0.25) is 4.90 Å². The van der Waals surface area contributed by atoms with Crippen LogP contribution in [0.5, 0.6) is 0 Å². The van der Waals surface area contributed by atoms with Crippen molar-refractivity contribution in [2.24, 2.45) is 0 Å². The number of piperidine rings is 1. The minimum atomic E-state index is -0.461. The van der Waals surface area contributed by atoms with E-state index in [0.717, 1.165) is 31.3 Å². The third kappa shape index (κ3) is 3.54. The van der Waals surface area contributed by atoms with Crippen molar-refractivity contribution in [3.05, 3.63) is 35.4 Å². The summed E-state index contributed by atoms with van der Waals surface area (Å²) in [6.45, 7) is 2.75. The second-order valence-corrected chi connectivity index (χ2v) is 4.26. The predicted octanol–water partition coefficient (Wildman–Crippen LogP) is 2.80. The molecule has 0 saturated carbocycles. The van der Waals surface area contributed by atoms with Crippen LogP contribution in [0.4, 0.5) is 8.78 Å². The Morgan fingerprint density at radius 3 is 2.65 bits per heavy atom. The van der Waals surface area contributed by atoms with Crippen molar-refractivity contribution in [2.75, 3.05) is 19.6 Å². The quantitative estimate of drug-likeness (QED) is 0.676. The van der Waals surface area contributed by atoms with Gasteiger partial charge in [0.05, 0.1) is 12.1 Å². The number of halogens is 2. The van der Waals surface area contributed by atoms with E-state index in [0.29, 0.717) is 6.54 Å². The molecule has 3 heteroatoms. The van der Waals surface area contributed by atoms with Crippen molar-refractivity contribution in [3.8, 4) is 11.8 Å². The zero-order valence-corrected chi connectivity index (χ0v) is 9.68. The van der Waals surface area contributed by atoms with Gasteiger partial charge in [-0.2, -0.15) is 0 Å². The Hall–Kier alpha value is -1.40. The van der Waals surface area contributed by atoms with E-state index >= 15 is 0 Å². The third-order valence-corrected chi connectivity index (χ3v) is 2.90. The largest absolute Gasteiger partial charge is 0.292 e. The van der Waals surface area contributed by atoms with Gasteiger partial charge in [-0.15, -0.1) is 0 Å². The molecule has 0 N–H and O–H groups in total. The van der Waals surface area contributed by atoms with Gasteiger partial charge < -0.3 is 0 Å². The number of likely N-dealkylation sites (tertiary alicyclic amines) is 1. The lowest BCUT2D eigenvalue weighted by molar-refractivity contribution is 0.255. The lowest BCUT2D eigenvalue weighted by Gasteiger charge is -2.23. The zero-order valence-electron chi connectivity index (χ0n) is 9.68. The van der Waals surface area contributed by atoms with Gasteiger partial charge in [0.2, 0.25) is 0 Å². The van der Waals surface area contributed by atoms with Crippen LogP contribution in [0.15, 0.2) is 18.2 Å². The Bertz CT molecular complexity index is 439. The normalized spacial score (nSPS) is 16.4. The van der Waals surface area contributed by atoms with Gasteiger partial charge in [0.1, 0.15) is 11.6 Å². The third-order valence-electron chi connectivity index (χ3n) is 2.90. The molecule has 17 heavy (non-hydrogen) atoms. The van der Waals surface area contributed by atoms with Crippen molar-refractivity contribution in [1.29, 1.82) is 0 Å². The molecule has 0 aromatic heterocycles. The molecule has 1 heterocycles. The van der Waals surface area contributed by atoms with E-state index in [4.69, 9.17) is 0 Å². The standard InChI is InChI=1S/C14H15F2N/c15-13-6-7-14(16)12(11-13)5-4-10-17-8-2-1-3-9-17/h6-7,11H,1-3,8-10H2. The molecule has 0 spiro atoms. The fourth-order valence-corrected chi connectivity index (χ4v) is 1.96. The molecular weight excluding hydrogens is 220 g/mol. The van der Waals surface area contributed by atoms with E-state index < -0.39 is 11.6 Å². The number of rotatable bonds is 1. The summed E-state index contributed by atoms with van der Waals surface area (Å²) in [5.74, 6) is 4.69. The Labute approximate surface area is 100 Å². The minimum Gasteiger partial charge on any atom is -0.292 e. The van der Waals surface area contributed by atoms with Crippen molar-refractivity contribution in [2.45, 2.75) is 19.3 Å². The average Bonchev–Trinajstić information content (AvgIpc) is 2.35. The molecule has 1 saturated heterocycles. The maximum absolute atomic E-state index is 13.3. The molecule has 1 aliphatic rings. The Balaban J connectivity index is 1.98. The molecule has 1 nitrogen and oxygen atoms in total. The zero-order chi connectivity index (χ0) is 12.1. The summed E-state index contributed by atoms with van der Waals surface area (Å²) in [6.07, 6.45) is 3.69. The average molecular weight is 235 g/mol. The summed E-state index contributed by atoms with van der Waals surface area (Å²) in [4.78, 5) is 2.24. The van der Waals surface area contributed by atoms with Crippen LogP contribution in [0.2, 0.25) is 0 Å². The Morgan fingerprint density at radius 1 is 1.12 bits per heavy atom.